The molecule has 0 aliphatic rings. The number of nitrogens with one attached hydrogen (secondary N) is 1. The summed E-state index contributed by atoms with van der Waals surface area (Å²) in [4.78, 5) is 27.8. The van der Waals surface area contributed by atoms with Gasteiger partial charge in [0.2, 0.25) is 21.8 Å². The molecule has 1 N–H and O–H groups in total. The van der Waals surface area contributed by atoms with Gasteiger partial charge in [-0.3, -0.25) is 13.9 Å². The molecule has 2 atom stereocenters. The smallest absolute Gasteiger partial charge is 0.244 e. The second-order valence-corrected chi connectivity index (χ2v) is 10.9. The number of halogens is 1. The summed E-state index contributed by atoms with van der Waals surface area (Å²) < 4.78 is 32.0. The second kappa shape index (κ2) is 12.2. The fraction of sp³-hybridized carbons (Fsp3) is 0.417. The van der Waals surface area contributed by atoms with E-state index in [-0.39, 0.29) is 18.5 Å². The van der Waals surface area contributed by atoms with Gasteiger partial charge in [-0.05, 0) is 56.2 Å². The Morgan fingerprint density at radius 2 is 1.76 bits per heavy atom. The molecule has 2 aromatic carbocycles. The van der Waals surface area contributed by atoms with Crippen molar-refractivity contribution in [3.05, 3.63) is 58.6 Å². The summed E-state index contributed by atoms with van der Waals surface area (Å²) in [7, 11) is -2.20. The highest BCUT2D eigenvalue weighted by atomic mass is 79.9. The van der Waals surface area contributed by atoms with E-state index in [9.17, 15) is 18.0 Å². The van der Waals surface area contributed by atoms with Crippen LogP contribution < -0.4 is 14.4 Å². The number of hydrogen-bond donors (Lipinski definition) is 1. The van der Waals surface area contributed by atoms with E-state index in [0.717, 1.165) is 22.5 Å². The fourth-order valence-electron chi connectivity index (χ4n) is 3.22. The number of hydrogen-bond acceptors (Lipinski definition) is 5. The summed E-state index contributed by atoms with van der Waals surface area (Å²) in [6.07, 6.45) is 1.80. The van der Waals surface area contributed by atoms with Crippen molar-refractivity contribution in [3.63, 3.8) is 0 Å². The number of sulfonamides is 1. The van der Waals surface area contributed by atoms with E-state index in [0.29, 0.717) is 15.9 Å². The van der Waals surface area contributed by atoms with Crippen LogP contribution in [-0.2, 0) is 26.2 Å². The molecule has 2 rings (SSSR count). The lowest BCUT2D eigenvalue weighted by Crippen LogP contribution is -2.52. The van der Waals surface area contributed by atoms with Gasteiger partial charge in [-0.15, -0.1) is 0 Å². The van der Waals surface area contributed by atoms with Crippen LogP contribution in [-0.4, -0.2) is 57.1 Å². The lowest BCUT2D eigenvalue weighted by atomic mass is 10.1. The van der Waals surface area contributed by atoms with Crippen LogP contribution in [0.2, 0.25) is 0 Å². The molecular weight excluding hydrogens is 522 g/mol. The van der Waals surface area contributed by atoms with Crippen LogP contribution in [0, 0.1) is 0 Å². The minimum absolute atomic E-state index is 0.0536. The molecule has 0 radical (unpaired) electrons. The van der Waals surface area contributed by atoms with E-state index in [1.807, 2.05) is 13.8 Å². The Morgan fingerprint density at radius 3 is 2.29 bits per heavy atom. The molecule has 34 heavy (non-hydrogen) atoms. The Labute approximate surface area is 210 Å². The van der Waals surface area contributed by atoms with Crippen LogP contribution in [0.5, 0.6) is 5.75 Å². The van der Waals surface area contributed by atoms with E-state index >= 15 is 0 Å². The molecule has 0 heterocycles. The highest BCUT2D eigenvalue weighted by Gasteiger charge is 2.30. The van der Waals surface area contributed by atoms with Crippen LogP contribution in [0.3, 0.4) is 0 Å². The number of methoxy groups -OCH3 is 1. The van der Waals surface area contributed by atoms with Crippen LogP contribution in [0.25, 0.3) is 0 Å². The fourth-order valence-corrected chi connectivity index (χ4v) is 4.45. The molecule has 0 saturated heterocycles. The molecular formula is C24H32BrN3O5S. The van der Waals surface area contributed by atoms with E-state index in [1.165, 1.54) is 4.90 Å². The minimum Gasteiger partial charge on any atom is -0.497 e. The third-order valence-corrected chi connectivity index (χ3v) is 7.09. The standard InChI is InChI=1S/C24H32BrN3O5S/c1-6-17(2)26-24(30)18(3)27(15-19-10-12-22(33-4)13-11-19)23(29)16-28(34(5,31)32)21-9-7-8-20(25)14-21/h7-14,17-18H,6,15-16H2,1-5H3,(H,26,30). The van der Waals surface area contributed by atoms with Gasteiger partial charge in [0.15, 0.2) is 0 Å². The third-order valence-electron chi connectivity index (χ3n) is 5.46. The maximum atomic E-state index is 13.5. The van der Waals surface area contributed by atoms with Gasteiger partial charge in [-0.2, -0.15) is 0 Å². The predicted molar refractivity (Wildman–Crippen MR) is 137 cm³/mol. The first kappa shape index (κ1) is 27.7. The van der Waals surface area contributed by atoms with Crippen molar-refractivity contribution < 1.29 is 22.7 Å². The van der Waals surface area contributed by atoms with Crippen molar-refractivity contribution in [1.29, 1.82) is 0 Å². The van der Waals surface area contributed by atoms with Crippen molar-refractivity contribution in [2.24, 2.45) is 0 Å². The molecule has 2 unspecified atom stereocenters. The molecule has 10 heteroatoms. The number of amides is 2. The second-order valence-electron chi connectivity index (χ2n) is 8.11. The topological polar surface area (TPSA) is 96.0 Å². The number of carbonyl (C=O) groups is 2. The summed E-state index contributed by atoms with van der Waals surface area (Å²) >= 11 is 3.34. The van der Waals surface area contributed by atoms with Crippen LogP contribution in [0.15, 0.2) is 53.0 Å². The third kappa shape index (κ3) is 7.73. The number of ether oxygens (including phenoxy) is 1. The van der Waals surface area contributed by atoms with Crippen molar-refractivity contribution in [1.82, 2.24) is 10.2 Å². The minimum atomic E-state index is -3.77. The molecule has 2 amide bonds. The normalized spacial score (nSPS) is 13.0. The Kier molecular flexibility index (Phi) is 9.93. The van der Waals surface area contributed by atoms with E-state index in [2.05, 4.69) is 21.2 Å². The molecule has 0 bridgehead atoms. The maximum Gasteiger partial charge on any atom is 0.244 e. The summed E-state index contributed by atoms with van der Waals surface area (Å²) in [5.74, 6) is -0.125. The average Bonchev–Trinajstić information content (AvgIpc) is 2.79. The Bertz CT molecular complexity index is 1090. The lowest BCUT2D eigenvalue weighted by Gasteiger charge is -2.32. The van der Waals surface area contributed by atoms with Crippen LogP contribution >= 0.6 is 15.9 Å². The highest BCUT2D eigenvalue weighted by Crippen LogP contribution is 2.23. The zero-order valence-corrected chi connectivity index (χ0v) is 22.5. The van der Waals surface area contributed by atoms with Gasteiger partial charge in [0.1, 0.15) is 18.3 Å². The van der Waals surface area contributed by atoms with Crippen molar-refractivity contribution in [2.45, 2.75) is 45.8 Å². The number of rotatable bonds is 11. The molecule has 0 spiro atoms. The number of carbonyl (C=O) groups excluding carboxylic acids is 2. The van der Waals surface area contributed by atoms with Gasteiger partial charge in [-0.25, -0.2) is 8.42 Å². The monoisotopic (exact) mass is 553 g/mol. The maximum absolute atomic E-state index is 13.5. The zero-order valence-electron chi connectivity index (χ0n) is 20.1. The van der Waals surface area contributed by atoms with E-state index < -0.39 is 28.5 Å². The number of nitrogens with zero attached hydrogens (tertiary/aromatic N) is 2. The molecule has 0 aromatic heterocycles. The van der Waals surface area contributed by atoms with Crippen LogP contribution in [0.1, 0.15) is 32.8 Å². The zero-order chi connectivity index (χ0) is 25.5. The first-order valence-electron chi connectivity index (χ1n) is 10.9. The quantitative estimate of drug-likeness (QED) is 0.459. The first-order valence-corrected chi connectivity index (χ1v) is 13.6. The molecule has 0 aliphatic carbocycles. The van der Waals surface area contributed by atoms with E-state index in [4.69, 9.17) is 4.74 Å². The lowest BCUT2D eigenvalue weighted by molar-refractivity contribution is -0.139. The van der Waals surface area contributed by atoms with Gasteiger partial charge < -0.3 is 15.0 Å². The van der Waals surface area contributed by atoms with Gasteiger partial charge in [0.25, 0.3) is 0 Å². The molecule has 0 fully saturated rings. The number of benzene rings is 2. The van der Waals surface area contributed by atoms with Crippen LogP contribution in [0.4, 0.5) is 5.69 Å². The van der Waals surface area contributed by atoms with Gasteiger partial charge in [0, 0.05) is 17.1 Å². The van der Waals surface area contributed by atoms with Gasteiger partial charge in [0.05, 0.1) is 19.1 Å². The molecule has 2 aromatic rings. The summed E-state index contributed by atoms with van der Waals surface area (Å²) in [6, 6.07) is 13.0. The molecule has 8 nitrogen and oxygen atoms in total. The van der Waals surface area contributed by atoms with Crippen molar-refractivity contribution in [2.75, 3.05) is 24.2 Å². The Balaban J connectivity index is 2.37. The summed E-state index contributed by atoms with van der Waals surface area (Å²) in [5.41, 5.74) is 1.14. The SMILES string of the molecule is CCC(C)NC(=O)C(C)N(Cc1ccc(OC)cc1)C(=O)CN(c1cccc(Br)c1)S(C)(=O)=O. The molecule has 0 saturated carbocycles. The Morgan fingerprint density at radius 1 is 1.12 bits per heavy atom. The van der Waals surface area contributed by atoms with Crippen molar-refractivity contribution >= 4 is 43.5 Å². The highest BCUT2D eigenvalue weighted by molar-refractivity contribution is 9.10. The van der Waals surface area contributed by atoms with E-state index in [1.54, 1.807) is 62.6 Å². The van der Waals surface area contributed by atoms with Crippen molar-refractivity contribution in [3.8, 4) is 5.75 Å². The average molecular weight is 555 g/mol. The van der Waals surface area contributed by atoms with Gasteiger partial charge >= 0.3 is 0 Å². The largest absolute Gasteiger partial charge is 0.497 e. The molecule has 186 valence electrons. The summed E-state index contributed by atoms with van der Waals surface area (Å²) in [5, 5.41) is 2.90. The predicted octanol–water partition coefficient (Wildman–Crippen LogP) is 3.56. The molecule has 0 aliphatic heterocycles. The Hall–Kier alpha value is -2.59. The van der Waals surface area contributed by atoms with Gasteiger partial charge in [-0.1, -0.05) is 41.1 Å². The number of anilines is 1. The summed E-state index contributed by atoms with van der Waals surface area (Å²) in [6.45, 7) is 5.18. The first-order chi connectivity index (χ1) is 16.0.